The highest BCUT2D eigenvalue weighted by Crippen LogP contribution is 2.31. The first-order valence-electron chi connectivity index (χ1n) is 10.1. The van der Waals surface area contributed by atoms with E-state index < -0.39 is 0 Å². The zero-order chi connectivity index (χ0) is 21.5. The lowest BCUT2D eigenvalue weighted by atomic mass is 10.0. The third-order valence-corrected chi connectivity index (χ3v) is 6.36. The lowest BCUT2D eigenvalue weighted by molar-refractivity contribution is 0.519. The smallest absolute Gasteiger partial charge is 0.336 e. The van der Waals surface area contributed by atoms with Gasteiger partial charge < -0.3 is 4.42 Å². The Bertz CT molecular complexity index is 1570. The first-order chi connectivity index (χ1) is 15.0. The number of hydrogen-bond acceptors (Lipinski definition) is 5. The largest absolute Gasteiger partial charge is 0.423 e. The fourth-order valence-electron chi connectivity index (χ4n) is 3.96. The van der Waals surface area contributed by atoms with Gasteiger partial charge in [0.05, 0.1) is 10.9 Å². The third-order valence-electron chi connectivity index (χ3n) is 5.36. The Hall–Kier alpha value is -3.38. The van der Waals surface area contributed by atoms with Crippen LogP contribution in [0.25, 0.3) is 32.6 Å². The minimum absolute atomic E-state index is 0.0366. The summed E-state index contributed by atoms with van der Waals surface area (Å²) in [6, 6.07) is 20.7. The topological polar surface area (TPSA) is 65.1 Å². The van der Waals surface area contributed by atoms with Crippen LogP contribution < -0.4 is 11.2 Å². The lowest BCUT2D eigenvalue weighted by Crippen LogP contribution is -2.25. The summed E-state index contributed by atoms with van der Waals surface area (Å²) in [5.41, 5.74) is 1.67. The van der Waals surface area contributed by atoms with Crippen LogP contribution in [0.2, 0.25) is 0 Å². The van der Waals surface area contributed by atoms with Gasteiger partial charge in [-0.05, 0) is 48.4 Å². The van der Waals surface area contributed by atoms with Crippen LogP contribution in [0.3, 0.4) is 0 Å². The Kier molecular flexibility index (Phi) is 4.87. The molecule has 0 aliphatic rings. The lowest BCUT2D eigenvalue weighted by Gasteiger charge is -2.16. The molecular weight excluding hydrogens is 408 g/mol. The van der Waals surface area contributed by atoms with Crippen molar-refractivity contribution in [1.82, 2.24) is 9.55 Å². The van der Waals surface area contributed by atoms with Crippen molar-refractivity contribution in [2.24, 2.45) is 0 Å². The molecule has 0 amide bonds. The molecule has 0 atom stereocenters. The molecule has 0 radical (unpaired) electrons. The Morgan fingerprint density at radius 1 is 0.968 bits per heavy atom. The van der Waals surface area contributed by atoms with Crippen LogP contribution in [0.4, 0.5) is 0 Å². The molecule has 2 aromatic heterocycles. The predicted molar refractivity (Wildman–Crippen MR) is 126 cm³/mol. The van der Waals surface area contributed by atoms with E-state index in [-0.39, 0.29) is 17.2 Å². The van der Waals surface area contributed by atoms with Crippen LogP contribution >= 0.6 is 11.8 Å². The van der Waals surface area contributed by atoms with Gasteiger partial charge in [0, 0.05) is 23.2 Å². The molecule has 154 valence electrons. The minimum Gasteiger partial charge on any atom is -0.423 e. The van der Waals surface area contributed by atoms with E-state index in [9.17, 15) is 9.59 Å². The van der Waals surface area contributed by atoms with Gasteiger partial charge in [0.15, 0.2) is 5.16 Å². The highest BCUT2D eigenvalue weighted by Gasteiger charge is 2.16. The zero-order valence-corrected chi connectivity index (χ0v) is 18.0. The molecule has 0 aliphatic heterocycles. The van der Waals surface area contributed by atoms with Crippen LogP contribution in [0.1, 0.15) is 25.5 Å². The highest BCUT2D eigenvalue weighted by atomic mass is 32.2. The van der Waals surface area contributed by atoms with E-state index in [2.05, 4.69) is 0 Å². The van der Waals surface area contributed by atoms with Crippen LogP contribution in [0, 0.1) is 0 Å². The molecule has 5 nitrogen and oxygen atoms in total. The second kappa shape index (κ2) is 7.71. The molecular formula is C25H20N2O3S. The van der Waals surface area contributed by atoms with E-state index in [1.807, 2.05) is 68.4 Å². The van der Waals surface area contributed by atoms with Crippen molar-refractivity contribution < 1.29 is 4.42 Å². The Balaban J connectivity index is 1.66. The molecule has 0 bridgehead atoms. The average molecular weight is 429 g/mol. The van der Waals surface area contributed by atoms with Gasteiger partial charge in [-0.1, -0.05) is 54.2 Å². The molecule has 6 heteroatoms. The fourth-order valence-corrected chi connectivity index (χ4v) is 5.07. The second-order valence-electron chi connectivity index (χ2n) is 7.72. The maximum absolute atomic E-state index is 13.1. The molecule has 0 aliphatic carbocycles. The molecule has 5 aromatic rings. The molecule has 0 unspecified atom stereocenters. The predicted octanol–water partition coefficient (Wildman–Crippen LogP) is 5.53. The second-order valence-corrected chi connectivity index (χ2v) is 8.66. The molecule has 2 heterocycles. The fraction of sp³-hybridized carbons (Fsp3) is 0.160. The maximum Gasteiger partial charge on any atom is 0.336 e. The van der Waals surface area contributed by atoms with Crippen LogP contribution in [0.15, 0.2) is 85.9 Å². The summed E-state index contributed by atoms with van der Waals surface area (Å²) >= 11 is 1.46. The summed E-state index contributed by atoms with van der Waals surface area (Å²) in [6.07, 6.45) is 0. The average Bonchev–Trinajstić information content (AvgIpc) is 2.76. The Labute approximate surface area is 182 Å². The molecule has 0 fully saturated rings. The van der Waals surface area contributed by atoms with E-state index in [1.54, 1.807) is 16.7 Å². The number of fused-ring (bicyclic) bond motifs is 4. The standard InChI is InChI=1S/C25H20N2O3S/c1-15(2)27-24(29)19-9-5-6-10-20(19)26-25(27)31-14-17-13-22(28)30-21-12-11-16-7-3-4-8-18(16)23(17)21/h3-13,15H,14H2,1-2H3. The van der Waals surface area contributed by atoms with Gasteiger partial charge in [-0.3, -0.25) is 9.36 Å². The van der Waals surface area contributed by atoms with Crippen molar-refractivity contribution in [3.05, 3.63) is 93.1 Å². The molecule has 0 saturated heterocycles. The monoisotopic (exact) mass is 428 g/mol. The number of benzene rings is 3. The van der Waals surface area contributed by atoms with Crippen molar-refractivity contribution in [1.29, 1.82) is 0 Å². The Morgan fingerprint density at radius 2 is 1.71 bits per heavy atom. The van der Waals surface area contributed by atoms with Crippen LogP contribution in [-0.4, -0.2) is 9.55 Å². The van der Waals surface area contributed by atoms with Crippen molar-refractivity contribution in [3.8, 4) is 0 Å². The van der Waals surface area contributed by atoms with E-state index in [4.69, 9.17) is 9.40 Å². The Morgan fingerprint density at radius 3 is 2.52 bits per heavy atom. The number of rotatable bonds is 4. The van der Waals surface area contributed by atoms with Gasteiger partial charge in [0.1, 0.15) is 5.58 Å². The van der Waals surface area contributed by atoms with Gasteiger partial charge in [0.2, 0.25) is 0 Å². The van der Waals surface area contributed by atoms with E-state index in [1.165, 1.54) is 11.8 Å². The summed E-state index contributed by atoms with van der Waals surface area (Å²) in [7, 11) is 0. The molecule has 31 heavy (non-hydrogen) atoms. The van der Waals surface area contributed by atoms with Crippen molar-refractivity contribution in [2.75, 3.05) is 0 Å². The van der Waals surface area contributed by atoms with E-state index >= 15 is 0 Å². The van der Waals surface area contributed by atoms with E-state index in [0.29, 0.717) is 27.4 Å². The minimum atomic E-state index is -0.383. The van der Waals surface area contributed by atoms with Gasteiger partial charge >= 0.3 is 5.63 Å². The van der Waals surface area contributed by atoms with Gasteiger partial charge in [0.25, 0.3) is 5.56 Å². The highest BCUT2D eigenvalue weighted by molar-refractivity contribution is 7.98. The quantitative estimate of drug-likeness (QED) is 0.163. The first-order valence-corrected chi connectivity index (χ1v) is 11.1. The normalized spacial score (nSPS) is 11.7. The SMILES string of the molecule is CC(C)n1c(SCc2cc(=O)oc3ccc4ccccc4c23)nc2ccccc2c1=O. The summed E-state index contributed by atoms with van der Waals surface area (Å²) < 4.78 is 7.19. The summed E-state index contributed by atoms with van der Waals surface area (Å²) in [4.78, 5) is 30.1. The van der Waals surface area contributed by atoms with Crippen molar-refractivity contribution in [3.63, 3.8) is 0 Å². The van der Waals surface area contributed by atoms with Crippen LogP contribution in [-0.2, 0) is 5.75 Å². The summed E-state index contributed by atoms with van der Waals surface area (Å²) in [6.45, 7) is 3.95. The molecule has 0 spiro atoms. The van der Waals surface area contributed by atoms with Crippen molar-refractivity contribution >= 4 is 44.4 Å². The van der Waals surface area contributed by atoms with Crippen LogP contribution in [0.5, 0.6) is 0 Å². The number of aromatic nitrogens is 2. The van der Waals surface area contributed by atoms with Crippen molar-refractivity contribution in [2.45, 2.75) is 30.8 Å². The molecule has 0 saturated carbocycles. The molecule has 0 N–H and O–H groups in total. The molecule has 5 rings (SSSR count). The van der Waals surface area contributed by atoms with Gasteiger partial charge in [-0.15, -0.1) is 0 Å². The number of thioether (sulfide) groups is 1. The number of nitrogens with zero attached hydrogens (tertiary/aromatic N) is 2. The van der Waals surface area contributed by atoms with E-state index in [0.717, 1.165) is 21.7 Å². The zero-order valence-electron chi connectivity index (χ0n) is 17.2. The first kappa shape index (κ1) is 19.6. The maximum atomic E-state index is 13.1. The summed E-state index contributed by atoms with van der Waals surface area (Å²) in [5.74, 6) is 0.494. The summed E-state index contributed by atoms with van der Waals surface area (Å²) in [5, 5.41) is 4.28. The number of hydrogen-bond donors (Lipinski definition) is 0. The third kappa shape index (κ3) is 3.43. The van der Waals surface area contributed by atoms with Gasteiger partial charge in [-0.2, -0.15) is 0 Å². The number of para-hydroxylation sites is 1. The van der Waals surface area contributed by atoms with Gasteiger partial charge in [-0.25, -0.2) is 9.78 Å². The molecule has 3 aromatic carbocycles.